The fourth-order valence-corrected chi connectivity index (χ4v) is 2.33. The van der Waals surface area contributed by atoms with Crippen LogP contribution in [0.1, 0.15) is 15.9 Å². The summed E-state index contributed by atoms with van der Waals surface area (Å²) in [6.07, 6.45) is 3.05. The third kappa shape index (κ3) is 3.62. The van der Waals surface area contributed by atoms with Crippen LogP contribution in [0.5, 0.6) is 0 Å². The first-order chi connectivity index (χ1) is 8.18. The van der Waals surface area contributed by atoms with Crippen LogP contribution in [0.3, 0.4) is 0 Å². The molecular formula is C13H10NO2SU-. The van der Waals surface area contributed by atoms with Crippen LogP contribution >= 0.6 is 11.8 Å². The molecule has 0 bridgehead atoms. The van der Waals surface area contributed by atoms with Gasteiger partial charge in [0.25, 0.3) is 0 Å². The first-order valence-corrected chi connectivity index (χ1v) is 5.82. The Morgan fingerprint density at radius 2 is 2.17 bits per heavy atom. The maximum atomic E-state index is 11.0. The van der Waals surface area contributed by atoms with Crippen molar-refractivity contribution in [3.05, 3.63) is 53.9 Å². The van der Waals surface area contributed by atoms with Gasteiger partial charge in [-0.2, -0.15) is 36.0 Å². The number of aryl methyl sites for hydroxylation is 1. The summed E-state index contributed by atoms with van der Waals surface area (Å²) in [5, 5.41) is 9.06. The quantitative estimate of drug-likeness (QED) is 0.684. The van der Waals surface area contributed by atoms with Crippen molar-refractivity contribution in [1.82, 2.24) is 4.98 Å². The number of nitrogens with zero attached hydrogens (tertiary/aromatic N) is 1. The smallest absolute Gasteiger partial charge is 0.336 e. The minimum Gasteiger partial charge on any atom is -0.478 e. The number of carboxylic acid groups (broad SMARTS) is 1. The molecule has 2 aromatic rings. The van der Waals surface area contributed by atoms with Crippen LogP contribution in [0.15, 0.2) is 46.5 Å². The van der Waals surface area contributed by atoms with Gasteiger partial charge in [0, 0.05) is 48.4 Å². The summed E-state index contributed by atoms with van der Waals surface area (Å²) < 4.78 is 0. The van der Waals surface area contributed by atoms with Gasteiger partial charge in [0.05, 0.1) is 5.56 Å². The van der Waals surface area contributed by atoms with Gasteiger partial charge in [-0.3, -0.25) is 4.98 Å². The van der Waals surface area contributed by atoms with E-state index in [0.29, 0.717) is 4.90 Å². The Labute approximate surface area is 133 Å². The fraction of sp³-hybridized carbons (Fsp3) is 0.0769. The number of aromatic nitrogens is 1. The Balaban J connectivity index is 0.00000162. The maximum Gasteiger partial charge on any atom is 0.336 e. The Morgan fingerprint density at radius 1 is 1.39 bits per heavy atom. The molecule has 1 aromatic carbocycles. The van der Waals surface area contributed by atoms with Crippen LogP contribution in [0.25, 0.3) is 0 Å². The fourth-order valence-electron chi connectivity index (χ4n) is 1.36. The van der Waals surface area contributed by atoms with Gasteiger partial charge in [-0.05, 0) is 6.07 Å². The molecule has 5 heteroatoms. The van der Waals surface area contributed by atoms with E-state index in [1.807, 2.05) is 25.1 Å². The largest absolute Gasteiger partial charge is 0.478 e. The van der Waals surface area contributed by atoms with Crippen molar-refractivity contribution in [2.24, 2.45) is 0 Å². The second-order valence-corrected chi connectivity index (χ2v) is 4.55. The van der Waals surface area contributed by atoms with E-state index in [4.69, 9.17) is 5.11 Å². The molecule has 0 aliphatic carbocycles. The average Bonchev–Trinajstić information content (AvgIpc) is 2.32. The molecule has 2 rings (SSSR count). The molecule has 0 unspecified atom stereocenters. The van der Waals surface area contributed by atoms with Gasteiger partial charge in [0.15, 0.2) is 0 Å². The number of hydrogen-bond acceptors (Lipinski definition) is 3. The Kier molecular flexibility index (Phi) is 5.94. The molecular weight excluding hydrogens is 472 g/mol. The van der Waals surface area contributed by atoms with Crippen LogP contribution in [0, 0.1) is 44.1 Å². The molecule has 0 spiro atoms. The van der Waals surface area contributed by atoms with Crippen molar-refractivity contribution in [2.75, 3.05) is 0 Å². The van der Waals surface area contributed by atoms with Crippen LogP contribution in [0.4, 0.5) is 0 Å². The zero-order chi connectivity index (χ0) is 12.3. The molecule has 0 amide bonds. The number of carboxylic acids is 1. The van der Waals surface area contributed by atoms with Crippen molar-refractivity contribution in [2.45, 2.75) is 16.7 Å². The summed E-state index contributed by atoms with van der Waals surface area (Å²) in [6.45, 7) is 1.98. The van der Waals surface area contributed by atoms with Gasteiger partial charge in [-0.1, -0.05) is 11.8 Å². The molecule has 0 saturated heterocycles. The van der Waals surface area contributed by atoms with Crippen molar-refractivity contribution in [3.8, 4) is 0 Å². The third-order valence-corrected chi connectivity index (χ3v) is 3.47. The Morgan fingerprint density at radius 3 is 2.83 bits per heavy atom. The summed E-state index contributed by atoms with van der Waals surface area (Å²) in [5.74, 6) is -0.938. The number of aromatic carboxylic acids is 1. The molecule has 0 radical (unpaired) electrons. The summed E-state index contributed by atoms with van der Waals surface area (Å²) in [7, 11) is 0. The zero-order valence-electron chi connectivity index (χ0n) is 9.68. The molecule has 0 atom stereocenters. The van der Waals surface area contributed by atoms with Gasteiger partial charge < -0.3 is 5.11 Å². The Bertz CT molecular complexity index is 560. The molecule has 0 saturated carbocycles. The minimum atomic E-state index is -0.938. The summed E-state index contributed by atoms with van der Waals surface area (Å²) in [4.78, 5) is 16.6. The normalized spacial score (nSPS) is 9.61. The number of carbonyl (C=O) groups is 1. The molecule has 18 heavy (non-hydrogen) atoms. The van der Waals surface area contributed by atoms with Gasteiger partial charge in [-0.15, -0.1) is 5.56 Å². The summed E-state index contributed by atoms with van der Waals surface area (Å²) >= 11 is 1.39. The van der Waals surface area contributed by atoms with E-state index in [0.717, 1.165) is 10.5 Å². The average molecular weight is 482 g/mol. The predicted octanol–water partition coefficient (Wildman–Crippen LogP) is 3.04. The first kappa shape index (κ1) is 15.3. The Hall–Kier alpha value is -0.758. The first-order valence-electron chi connectivity index (χ1n) is 5.00. The number of pyridine rings is 1. The zero-order valence-corrected chi connectivity index (χ0v) is 14.7. The molecule has 0 fully saturated rings. The summed E-state index contributed by atoms with van der Waals surface area (Å²) in [6, 6.07) is 10.1. The van der Waals surface area contributed by atoms with E-state index < -0.39 is 5.97 Å². The minimum absolute atomic E-state index is 0. The van der Waals surface area contributed by atoms with Gasteiger partial charge in [-0.25, -0.2) is 4.79 Å². The second kappa shape index (κ2) is 6.99. The van der Waals surface area contributed by atoms with E-state index in [2.05, 4.69) is 11.1 Å². The second-order valence-electron chi connectivity index (χ2n) is 3.47. The van der Waals surface area contributed by atoms with Crippen LogP contribution in [-0.2, 0) is 0 Å². The van der Waals surface area contributed by atoms with Crippen molar-refractivity contribution >= 4 is 17.7 Å². The van der Waals surface area contributed by atoms with Gasteiger partial charge in [0.2, 0.25) is 0 Å². The molecule has 1 N–H and O–H groups in total. The van der Waals surface area contributed by atoms with E-state index in [1.54, 1.807) is 6.20 Å². The number of rotatable bonds is 3. The molecule has 3 nitrogen and oxygen atoms in total. The van der Waals surface area contributed by atoms with E-state index in [1.165, 1.54) is 24.0 Å². The number of benzene rings is 1. The molecule has 0 aliphatic rings. The van der Waals surface area contributed by atoms with Gasteiger partial charge in [0.1, 0.15) is 0 Å². The topological polar surface area (TPSA) is 50.2 Å². The maximum absolute atomic E-state index is 11.0. The van der Waals surface area contributed by atoms with E-state index in [-0.39, 0.29) is 36.7 Å². The van der Waals surface area contributed by atoms with Crippen molar-refractivity contribution in [1.29, 1.82) is 0 Å². The number of hydrogen-bond donors (Lipinski definition) is 1. The third-order valence-electron chi connectivity index (χ3n) is 2.27. The standard InChI is InChI=1S/C13H10NO2S.U/c1-9-4-2-3-5-11(9)17-12-8-14-7-6-10(12)13(15)16;/h2,4-8H,1H3,(H,15,16);/q-1;. The van der Waals surface area contributed by atoms with Crippen LogP contribution in [-0.4, -0.2) is 16.1 Å². The van der Waals surface area contributed by atoms with Crippen molar-refractivity contribution < 1.29 is 41.0 Å². The van der Waals surface area contributed by atoms with Crippen LogP contribution < -0.4 is 0 Å². The van der Waals surface area contributed by atoms with E-state index >= 15 is 0 Å². The molecule has 1 aromatic heterocycles. The van der Waals surface area contributed by atoms with E-state index in [9.17, 15) is 4.79 Å². The van der Waals surface area contributed by atoms with Crippen LogP contribution in [0.2, 0.25) is 0 Å². The predicted molar refractivity (Wildman–Crippen MR) is 65.3 cm³/mol. The molecule has 90 valence electrons. The summed E-state index contributed by atoms with van der Waals surface area (Å²) in [5.41, 5.74) is 1.36. The SMILES string of the molecule is Cc1cc[c-]cc1Sc1cnccc1C(=O)O.[U]. The molecule has 0 aliphatic heterocycles. The monoisotopic (exact) mass is 482 g/mol. The van der Waals surface area contributed by atoms with Crippen molar-refractivity contribution in [3.63, 3.8) is 0 Å². The van der Waals surface area contributed by atoms with Gasteiger partial charge >= 0.3 is 5.97 Å². The molecule has 1 heterocycles.